The van der Waals surface area contributed by atoms with Crippen molar-refractivity contribution in [1.29, 1.82) is 0 Å². The number of nitrogens with zero attached hydrogens (tertiary/aromatic N) is 4. The maximum atomic E-state index is 12.2. The molecule has 3 rings (SSSR count). The predicted molar refractivity (Wildman–Crippen MR) is 111 cm³/mol. The Hall–Kier alpha value is -1.47. The third-order valence-corrected chi connectivity index (χ3v) is 4.68. The maximum Gasteiger partial charge on any atom is 0.238 e. The molecule has 2 aromatic rings. The third kappa shape index (κ3) is 5.51. The number of imidazole rings is 1. The van der Waals surface area contributed by atoms with Crippen molar-refractivity contribution < 1.29 is 4.79 Å². The number of aromatic nitrogens is 2. The number of amides is 1. The highest BCUT2D eigenvalue weighted by atomic mass is 35.5. The largest absolute Gasteiger partial charge is 0.340 e. The van der Waals surface area contributed by atoms with E-state index in [4.69, 9.17) is 11.6 Å². The number of hydrogen-bond donors (Lipinski definition) is 1. The fraction of sp³-hybridized carbons (Fsp3) is 0.412. The van der Waals surface area contributed by atoms with E-state index in [1.165, 1.54) is 0 Å². The summed E-state index contributed by atoms with van der Waals surface area (Å²) in [4.78, 5) is 21.0. The molecule has 1 aromatic heterocycles. The summed E-state index contributed by atoms with van der Waals surface area (Å²) in [5.74, 6) is 0.966. The first-order valence-electron chi connectivity index (χ1n) is 8.03. The highest BCUT2D eigenvalue weighted by Crippen LogP contribution is 2.20. The number of benzene rings is 1. The van der Waals surface area contributed by atoms with Gasteiger partial charge in [0.05, 0.1) is 6.54 Å². The minimum atomic E-state index is -0.0136. The van der Waals surface area contributed by atoms with Crippen LogP contribution in [0.25, 0.3) is 0 Å². The quantitative estimate of drug-likeness (QED) is 0.826. The summed E-state index contributed by atoms with van der Waals surface area (Å²) in [6.07, 6.45) is 3.75. The molecule has 1 aliphatic heterocycles. The first kappa shape index (κ1) is 22.6. The number of carbonyl (C=O) groups is 1. The number of nitrogens with one attached hydrogen (secondary N) is 1. The van der Waals surface area contributed by atoms with Crippen LogP contribution in [0.2, 0.25) is 5.02 Å². The van der Waals surface area contributed by atoms with E-state index in [0.29, 0.717) is 11.6 Å². The van der Waals surface area contributed by atoms with Gasteiger partial charge in [0, 0.05) is 56.3 Å². The Kier molecular flexibility index (Phi) is 8.70. The summed E-state index contributed by atoms with van der Waals surface area (Å²) in [5, 5.41) is 3.57. The Labute approximate surface area is 171 Å². The molecular weight excluding hydrogens is 397 g/mol. The highest BCUT2D eigenvalue weighted by molar-refractivity contribution is 6.31. The van der Waals surface area contributed by atoms with Crippen molar-refractivity contribution >= 4 is 54.0 Å². The Balaban J connectivity index is 0.00000169. The zero-order valence-electron chi connectivity index (χ0n) is 14.8. The van der Waals surface area contributed by atoms with Crippen molar-refractivity contribution in [3.63, 3.8) is 0 Å². The van der Waals surface area contributed by atoms with E-state index >= 15 is 0 Å². The monoisotopic (exact) mass is 419 g/mol. The number of halogens is 3. The predicted octanol–water partition coefficient (Wildman–Crippen LogP) is 2.99. The van der Waals surface area contributed by atoms with Gasteiger partial charge in [0.25, 0.3) is 0 Å². The normalized spacial score (nSPS) is 14.3. The molecule has 0 spiro atoms. The van der Waals surface area contributed by atoms with Crippen molar-refractivity contribution in [2.45, 2.75) is 6.92 Å². The van der Waals surface area contributed by atoms with Crippen LogP contribution in [0.3, 0.4) is 0 Å². The van der Waals surface area contributed by atoms with Crippen molar-refractivity contribution in [1.82, 2.24) is 14.5 Å². The molecule has 1 aromatic carbocycles. The molecule has 2 heterocycles. The van der Waals surface area contributed by atoms with Crippen LogP contribution in [0, 0.1) is 6.92 Å². The highest BCUT2D eigenvalue weighted by Gasteiger charge is 2.21. The fourth-order valence-electron chi connectivity index (χ4n) is 2.84. The van der Waals surface area contributed by atoms with E-state index in [1.807, 2.05) is 43.1 Å². The second-order valence-corrected chi connectivity index (χ2v) is 6.52. The lowest BCUT2D eigenvalue weighted by molar-refractivity contribution is -0.117. The van der Waals surface area contributed by atoms with Gasteiger partial charge in [-0.1, -0.05) is 17.7 Å². The Bertz CT molecular complexity index is 729. The van der Waals surface area contributed by atoms with Gasteiger partial charge in [0.2, 0.25) is 11.9 Å². The molecule has 1 N–H and O–H groups in total. The average molecular weight is 421 g/mol. The lowest BCUT2D eigenvalue weighted by atomic mass is 10.2. The number of aryl methyl sites for hydroxylation is 2. The van der Waals surface area contributed by atoms with E-state index in [9.17, 15) is 4.79 Å². The average Bonchev–Trinajstić information content (AvgIpc) is 2.98. The van der Waals surface area contributed by atoms with Gasteiger partial charge in [0.1, 0.15) is 0 Å². The molecule has 0 aliphatic carbocycles. The topological polar surface area (TPSA) is 53.4 Å². The molecule has 1 amide bonds. The number of rotatable bonds is 4. The first-order valence-corrected chi connectivity index (χ1v) is 8.41. The summed E-state index contributed by atoms with van der Waals surface area (Å²) in [7, 11) is 1.99. The van der Waals surface area contributed by atoms with Crippen LogP contribution in [-0.2, 0) is 11.8 Å². The summed E-state index contributed by atoms with van der Waals surface area (Å²) < 4.78 is 2.02. The van der Waals surface area contributed by atoms with Crippen LogP contribution in [0.15, 0.2) is 30.6 Å². The SMILES string of the molecule is Cc1ccc(NC(=O)CN2CCN(c3nccn3C)CC2)cc1Cl.Cl.Cl. The van der Waals surface area contributed by atoms with Gasteiger partial charge < -0.3 is 14.8 Å². The van der Waals surface area contributed by atoms with Gasteiger partial charge in [-0.2, -0.15) is 0 Å². The molecule has 0 unspecified atom stereocenters. The Morgan fingerprint density at radius 1 is 1.23 bits per heavy atom. The number of anilines is 2. The van der Waals surface area contributed by atoms with Gasteiger partial charge in [0.15, 0.2) is 0 Å². The van der Waals surface area contributed by atoms with Gasteiger partial charge in [-0.05, 0) is 24.6 Å². The van der Waals surface area contributed by atoms with Gasteiger partial charge in [-0.3, -0.25) is 9.69 Å². The van der Waals surface area contributed by atoms with Crippen molar-refractivity contribution in [2.75, 3.05) is 42.9 Å². The molecule has 0 radical (unpaired) electrons. The molecule has 9 heteroatoms. The standard InChI is InChI=1S/C17H22ClN5O.2ClH/c1-13-3-4-14(11-15(13)18)20-16(24)12-22-7-9-23(10-8-22)17-19-5-6-21(17)2;;/h3-6,11H,7-10,12H2,1-2H3,(H,20,24);2*1H. The molecule has 1 aliphatic rings. The fourth-order valence-corrected chi connectivity index (χ4v) is 3.02. The smallest absolute Gasteiger partial charge is 0.238 e. The molecule has 0 atom stereocenters. The summed E-state index contributed by atoms with van der Waals surface area (Å²) in [6, 6.07) is 5.56. The van der Waals surface area contributed by atoms with Crippen LogP contribution in [0.5, 0.6) is 0 Å². The minimum Gasteiger partial charge on any atom is -0.340 e. The number of hydrogen-bond acceptors (Lipinski definition) is 4. The van der Waals surface area contributed by atoms with E-state index < -0.39 is 0 Å². The summed E-state index contributed by atoms with van der Waals surface area (Å²) in [5.41, 5.74) is 1.74. The first-order chi connectivity index (χ1) is 11.5. The summed E-state index contributed by atoms with van der Waals surface area (Å²) in [6.45, 7) is 5.75. The van der Waals surface area contributed by atoms with E-state index in [2.05, 4.69) is 20.1 Å². The van der Waals surface area contributed by atoms with Crippen LogP contribution >= 0.6 is 36.4 Å². The second kappa shape index (κ2) is 10.0. The van der Waals surface area contributed by atoms with E-state index in [-0.39, 0.29) is 30.7 Å². The van der Waals surface area contributed by atoms with Crippen LogP contribution in [0.1, 0.15) is 5.56 Å². The van der Waals surface area contributed by atoms with Crippen LogP contribution in [0.4, 0.5) is 11.6 Å². The van der Waals surface area contributed by atoms with Crippen molar-refractivity contribution in [2.24, 2.45) is 7.05 Å². The van der Waals surface area contributed by atoms with Crippen LogP contribution < -0.4 is 10.2 Å². The summed E-state index contributed by atoms with van der Waals surface area (Å²) >= 11 is 6.09. The molecule has 144 valence electrons. The molecule has 26 heavy (non-hydrogen) atoms. The Morgan fingerprint density at radius 2 is 1.92 bits per heavy atom. The van der Waals surface area contributed by atoms with Crippen LogP contribution in [-0.4, -0.2) is 53.1 Å². The minimum absolute atomic E-state index is 0. The van der Waals surface area contributed by atoms with Gasteiger partial charge in [-0.15, -0.1) is 24.8 Å². The molecular formula is C17H24Cl3N5O. The third-order valence-electron chi connectivity index (χ3n) is 4.27. The zero-order chi connectivity index (χ0) is 17.1. The number of piperazine rings is 1. The van der Waals surface area contributed by atoms with Crippen molar-refractivity contribution in [3.05, 3.63) is 41.2 Å². The molecule has 0 saturated carbocycles. The van der Waals surface area contributed by atoms with E-state index in [0.717, 1.165) is 43.4 Å². The maximum absolute atomic E-state index is 12.2. The number of carbonyl (C=O) groups excluding carboxylic acids is 1. The lowest BCUT2D eigenvalue weighted by Gasteiger charge is -2.34. The van der Waals surface area contributed by atoms with Crippen molar-refractivity contribution in [3.8, 4) is 0 Å². The lowest BCUT2D eigenvalue weighted by Crippen LogP contribution is -2.49. The van der Waals surface area contributed by atoms with Gasteiger partial charge in [-0.25, -0.2) is 4.98 Å². The molecule has 1 fully saturated rings. The van der Waals surface area contributed by atoms with E-state index in [1.54, 1.807) is 6.07 Å². The van der Waals surface area contributed by atoms with Gasteiger partial charge >= 0.3 is 0 Å². The Morgan fingerprint density at radius 3 is 2.50 bits per heavy atom. The second-order valence-electron chi connectivity index (χ2n) is 6.11. The molecule has 1 saturated heterocycles. The molecule has 0 bridgehead atoms. The molecule has 6 nitrogen and oxygen atoms in total. The zero-order valence-corrected chi connectivity index (χ0v) is 17.2.